The van der Waals surface area contributed by atoms with Gasteiger partial charge in [-0.05, 0) is 148 Å². The molecule has 5 fully saturated rings. The van der Waals surface area contributed by atoms with Crippen molar-refractivity contribution in [2.75, 3.05) is 13.2 Å². The molecule has 4 nitrogen and oxygen atoms in total. The zero-order valence-corrected chi connectivity index (χ0v) is 26.3. The monoisotopic (exact) mass is 564 g/mol. The van der Waals surface area contributed by atoms with E-state index in [1.165, 1.54) is 44.9 Å². The van der Waals surface area contributed by atoms with Crippen LogP contribution in [0.4, 0.5) is 0 Å². The summed E-state index contributed by atoms with van der Waals surface area (Å²) in [6.45, 7) is 11.5. The molecule has 41 heavy (non-hydrogen) atoms. The predicted molar refractivity (Wildman–Crippen MR) is 163 cm³/mol. The van der Waals surface area contributed by atoms with E-state index in [2.05, 4.69) is 27.7 Å². The Kier molecular flexibility index (Phi) is 8.40. The quantitative estimate of drug-likeness (QED) is 0.338. The summed E-state index contributed by atoms with van der Waals surface area (Å²) >= 11 is 0. The maximum Gasteiger partial charge on any atom is 0.338 e. The van der Waals surface area contributed by atoms with Crippen LogP contribution in [-0.4, -0.2) is 36.0 Å². The van der Waals surface area contributed by atoms with Gasteiger partial charge in [-0.1, -0.05) is 45.9 Å². The summed E-state index contributed by atoms with van der Waals surface area (Å²) in [7, 11) is 0. The topological polar surface area (TPSA) is 55.8 Å². The van der Waals surface area contributed by atoms with Gasteiger partial charge in [0.25, 0.3) is 0 Å². The summed E-state index contributed by atoms with van der Waals surface area (Å²) in [6, 6.07) is 9.59. The second-order valence-corrected chi connectivity index (χ2v) is 15.6. The summed E-state index contributed by atoms with van der Waals surface area (Å²) in [5.74, 6) is 4.47. The SMILES string of the molecule is CC[C@]1(O)CC[C@@]2(C)[C@@H](CC[C@@H]3[C@@H]2CC[C@]2(C)[C@@H]([C@H](C)[C@@H](CC4CCOCC4)OC(=O)c4ccccc4)CC[C@@H]32)C1. The minimum atomic E-state index is -0.426. The van der Waals surface area contributed by atoms with Crippen LogP contribution < -0.4 is 0 Å². The summed E-state index contributed by atoms with van der Waals surface area (Å²) < 4.78 is 12.1. The van der Waals surface area contributed by atoms with Crippen LogP contribution >= 0.6 is 0 Å². The Morgan fingerprint density at radius 3 is 2.41 bits per heavy atom. The van der Waals surface area contributed by atoms with E-state index in [-0.39, 0.29) is 12.1 Å². The minimum Gasteiger partial charge on any atom is -0.458 e. The van der Waals surface area contributed by atoms with Crippen molar-refractivity contribution in [3.63, 3.8) is 0 Å². The molecule has 1 N–H and O–H groups in total. The summed E-state index contributed by atoms with van der Waals surface area (Å²) in [6.07, 6.45) is 15.1. The third-order valence-electron chi connectivity index (χ3n) is 13.9. The standard InChI is InChI=1S/C37H56O4/c1-5-37(39)20-19-35(3)28(24-37)11-12-29-31-14-13-30(36(31,4)18-15-32(29)35)25(2)33(23-26-16-21-40-22-17-26)41-34(38)27-9-7-6-8-10-27/h6-10,25-26,28-33,39H,5,11-24H2,1-4H3/t25-,28-,29-,30+,31-,32-,33+,35-,36+,37-/m0/s1. The average Bonchev–Trinajstić information content (AvgIpc) is 3.35. The van der Waals surface area contributed by atoms with Crippen LogP contribution in [0, 0.1) is 52.3 Å². The molecule has 1 saturated heterocycles. The number of ether oxygens (including phenoxy) is 2. The van der Waals surface area contributed by atoms with Crippen molar-refractivity contribution < 1.29 is 19.4 Å². The van der Waals surface area contributed by atoms with Gasteiger partial charge in [0, 0.05) is 13.2 Å². The molecular formula is C37H56O4. The molecule has 0 spiro atoms. The maximum atomic E-state index is 13.3. The van der Waals surface area contributed by atoms with E-state index in [1.807, 2.05) is 30.3 Å². The van der Waals surface area contributed by atoms with E-state index in [4.69, 9.17) is 9.47 Å². The van der Waals surface area contributed by atoms with Crippen molar-refractivity contribution in [1.82, 2.24) is 0 Å². The first-order chi connectivity index (χ1) is 19.7. The lowest BCUT2D eigenvalue weighted by Crippen LogP contribution is -2.56. The van der Waals surface area contributed by atoms with E-state index < -0.39 is 5.60 Å². The molecular weight excluding hydrogens is 508 g/mol. The van der Waals surface area contributed by atoms with Crippen molar-refractivity contribution >= 4 is 5.97 Å². The molecule has 4 heteroatoms. The van der Waals surface area contributed by atoms with Gasteiger partial charge in [-0.3, -0.25) is 0 Å². The fraction of sp³-hybridized carbons (Fsp3) is 0.811. The summed E-state index contributed by atoms with van der Waals surface area (Å²) in [4.78, 5) is 13.3. The molecule has 4 aliphatic carbocycles. The van der Waals surface area contributed by atoms with E-state index in [1.54, 1.807) is 0 Å². The number of benzene rings is 1. The number of carbonyl (C=O) groups excluding carboxylic acids is 1. The number of hydrogen-bond acceptors (Lipinski definition) is 4. The second-order valence-electron chi connectivity index (χ2n) is 15.6. The molecule has 228 valence electrons. The minimum absolute atomic E-state index is 0.0394. The van der Waals surface area contributed by atoms with Gasteiger partial charge in [0.2, 0.25) is 0 Å². The molecule has 1 aromatic rings. The predicted octanol–water partition coefficient (Wildman–Crippen LogP) is 8.46. The number of aliphatic hydroxyl groups is 1. The van der Waals surface area contributed by atoms with Gasteiger partial charge in [-0.25, -0.2) is 4.79 Å². The van der Waals surface area contributed by atoms with Gasteiger partial charge in [-0.2, -0.15) is 0 Å². The highest BCUT2D eigenvalue weighted by atomic mass is 16.5. The molecule has 0 aromatic heterocycles. The van der Waals surface area contributed by atoms with Crippen molar-refractivity contribution in [1.29, 1.82) is 0 Å². The van der Waals surface area contributed by atoms with Crippen LogP contribution in [0.25, 0.3) is 0 Å². The number of esters is 1. The molecule has 0 amide bonds. The van der Waals surface area contributed by atoms with Gasteiger partial charge >= 0.3 is 5.97 Å². The molecule has 5 aliphatic rings. The second kappa shape index (κ2) is 11.6. The van der Waals surface area contributed by atoms with Gasteiger partial charge in [0.15, 0.2) is 0 Å². The first-order valence-corrected chi connectivity index (χ1v) is 17.2. The molecule has 1 aliphatic heterocycles. The number of rotatable bonds is 7. The van der Waals surface area contributed by atoms with Crippen LogP contribution in [0.5, 0.6) is 0 Å². The Balaban J connectivity index is 1.20. The van der Waals surface area contributed by atoms with Crippen molar-refractivity contribution in [3.8, 4) is 0 Å². The lowest BCUT2D eigenvalue weighted by Gasteiger charge is -2.62. The normalized spacial score (nSPS) is 42.4. The van der Waals surface area contributed by atoms with Crippen LogP contribution in [0.2, 0.25) is 0 Å². The fourth-order valence-electron chi connectivity index (χ4n) is 11.3. The van der Waals surface area contributed by atoms with E-state index in [9.17, 15) is 9.90 Å². The Morgan fingerprint density at radius 2 is 1.68 bits per heavy atom. The molecule has 0 radical (unpaired) electrons. The lowest BCUT2D eigenvalue weighted by molar-refractivity contribution is -0.154. The maximum absolute atomic E-state index is 13.3. The lowest BCUT2D eigenvalue weighted by atomic mass is 9.43. The first-order valence-electron chi connectivity index (χ1n) is 17.2. The molecule has 0 bridgehead atoms. The van der Waals surface area contributed by atoms with Gasteiger partial charge in [-0.15, -0.1) is 0 Å². The molecule has 1 aromatic carbocycles. The highest BCUT2D eigenvalue weighted by Gasteiger charge is 2.62. The number of fused-ring (bicyclic) bond motifs is 5. The van der Waals surface area contributed by atoms with Crippen LogP contribution in [0.15, 0.2) is 30.3 Å². The Labute approximate surface area is 249 Å². The third kappa shape index (κ3) is 5.43. The third-order valence-corrected chi connectivity index (χ3v) is 13.9. The van der Waals surface area contributed by atoms with Crippen molar-refractivity contribution in [2.45, 2.75) is 123 Å². The van der Waals surface area contributed by atoms with E-state index in [0.29, 0.717) is 40.1 Å². The van der Waals surface area contributed by atoms with Crippen molar-refractivity contribution in [2.24, 2.45) is 52.3 Å². The Hall–Kier alpha value is -1.39. The van der Waals surface area contributed by atoms with Crippen LogP contribution in [-0.2, 0) is 9.47 Å². The summed E-state index contributed by atoms with van der Waals surface area (Å²) in [5.41, 5.74) is 0.965. The first kappa shape index (κ1) is 29.7. The number of hydrogen-bond donors (Lipinski definition) is 1. The zero-order valence-electron chi connectivity index (χ0n) is 26.3. The van der Waals surface area contributed by atoms with Gasteiger partial charge < -0.3 is 14.6 Å². The van der Waals surface area contributed by atoms with Crippen LogP contribution in [0.3, 0.4) is 0 Å². The zero-order chi connectivity index (χ0) is 28.8. The fourth-order valence-corrected chi connectivity index (χ4v) is 11.3. The number of carbonyl (C=O) groups is 1. The highest BCUT2D eigenvalue weighted by Crippen LogP contribution is 2.69. The van der Waals surface area contributed by atoms with Gasteiger partial charge in [0.05, 0.1) is 11.2 Å². The van der Waals surface area contributed by atoms with E-state index >= 15 is 0 Å². The Morgan fingerprint density at radius 1 is 0.951 bits per heavy atom. The molecule has 0 unspecified atom stereocenters. The van der Waals surface area contributed by atoms with Crippen LogP contribution in [0.1, 0.15) is 122 Å². The largest absolute Gasteiger partial charge is 0.458 e. The molecule has 1 heterocycles. The highest BCUT2D eigenvalue weighted by molar-refractivity contribution is 5.89. The Bertz CT molecular complexity index is 1050. The molecule has 10 atom stereocenters. The summed E-state index contributed by atoms with van der Waals surface area (Å²) in [5, 5.41) is 11.2. The average molecular weight is 565 g/mol. The smallest absolute Gasteiger partial charge is 0.338 e. The van der Waals surface area contributed by atoms with E-state index in [0.717, 1.165) is 69.5 Å². The molecule has 6 rings (SSSR count). The van der Waals surface area contributed by atoms with Crippen molar-refractivity contribution in [3.05, 3.63) is 35.9 Å². The van der Waals surface area contributed by atoms with Gasteiger partial charge in [0.1, 0.15) is 6.10 Å². The molecule has 4 saturated carbocycles.